The molecule has 0 radical (unpaired) electrons. The molecule has 2 unspecified atom stereocenters. The van der Waals surface area contributed by atoms with Crippen LogP contribution in [0.2, 0.25) is 0 Å². The van der Waals surface area contributed by atoms with Crippen LogP contribution in [0, 0.1) is 23.7 Å². The molecule has 2 aliphatic rings. The third-order valence-electron chi connectivity index (χ3n) is 3.65. The first-order valence-electron chi connectivity index (χ1n) is 7.66. The molecule has 0 heterocycles. The Kier molecular flexibility index (Phi) is 4.86. The predicted molar refractivity (Wildman–Crippen MR) is 79.4 cm³/mol. The van der Waals surface area contributed by atoms with Gasteiger partial charge in [0, 0.05) is 11.8 Å². The molecule has 0 saturated carbocycles. The Labute approximate surface area is 126 Å². The van der Waals surface area contributed by atoms with E-state index < -0.39 is 0 Å². The Morgan fingerprint density at radius 2 is 1.33 bits per heavy atom. The Bertz CT molecular complexity index is 443. The van der Waals surface area contributed by atoms with E-state index >= 15 is 0 Å². The van der Waals surface area contributed by atoms with Gasteiger partial charge in [-0.25, -0.2) is 9.59 Å². The summed E-state index contributed by atoms with van der Waals surface area (Å²) >= 11 is 0. The van der Waals surface area contributed by atoms with Gasteiger partial charge in [0.05, 0.1) is 24.4 Å². The van der Waals surface area contributed by atoms with E-state index in [1.807, 2.05) is 39.8 Å². The molecule has 2 atom stereocenters. The van der Waals surface area contributed by atoms with Crippen molar-refractivity contribution in [3.8, 4) is 0 Å². The molecule has 2 bridgehead atoms. The van der Waals surface area contributed by atoms with Gasteiger partial charge in [-0.05, 0) is 18.3 Å². The van der Waals surface area contributed by atoms with Crippen LogP contribution in [0.1, 0.15) is 34.1 Å². The molecule has 2 aliphatic carbocycles. The van der Waals surface area contributed by atoms with Crippen molar-refractivity contribution < 1.29 is 19.1 Å². The molecule has 2 rings (SSSR count). The zero-order chi connectivity index (χ0) is 15.6. The van der Waals surface area contributed by atoms with Gasteiger partial charge >= 0.3 is 11.9 Å². The van der Waals surface area contributed by atoms with Crippen LogP contribution in [0.4, 0.5) is 0 Å². The average Bonchev–Trinajstić information content (AvgIpc) is 3.02. The molecule has 0 aromatic carbocycles. The quantitative estimate of drug-likeness (QED) is 0.558. The second-order valence-corrected chi connectivity index (χ2v) is 6.65. The standard InChI is InChI=1S/C17H24O4/c1-10(2)8-20-16(18)14-12-5-6-13(7-12)15(14)17(19)21-9-11(3)4/h5-6,10-13H,7-9H2,1-4H3. The fraction of sp³-hybridized carbons (Fsp3) is 0.647. The maximum atomic E-state index is 12.3. The van der Waals surface area contributed by atoms with Gasteiger partial charge in [-0.15, -0.1) is 0 Å². The molecule has 0 N–H and O–H groups in total. The van der Waals surface area contributed by atoms with Gasteiger partial charge in [-0.3, -0.25) is 0 Å². The Hall–Kier alpha value is -1.58. The summed E-state index contributed by atoms with van der Waals surface area (Å²) in [5, 5.41) is 0. The van der Waals surface area contributed by atoms with Crippen LogP contribution in [0.5, 0.6) is 0 Å². The van der Waals surface area contributed by atoms with Crippen LogP contribution >= 0.6 is 0 Å². The van der Waals surface area contributed by atoms with Crippen LogP contribution in [-0.4, -0.2) is 25.2 Å². The highest BCUT2D eigenvalue weighted by molar-refractivity contribution is 6.03. The molecule has 21 heavy (non-hydrogen) atoms. The first-order valence-corrected chi connectivity index (χ1v) is 7.66. The summed E-state index contributed by atoms with van der Waals surface area (Å²) in [5.74, 6) is -0.151. The van der Waals surface area contributed by atoms with E-state index in [0.717, 1.165) is 6.42 Å². The lowest BCUT2D eigenvalue weighted by Crippen LogP contribution is -2.21. The highest BCUT2D eigenvalue weighted by Gasteiger charge is 2.43. The van der Waals surface area contributed by atoms with Gasteiger partial charge in [0.2, 0.25) is 0 Å². The smallest absolute Gasteiger partial charge is 0.335 e. The molecular weight excluding hydrogens is 268 g/mol. The van der Waals surface area contributed by atoms with Crippen molar-refractivity contribution >= 4 is 11.9 Å². The number of fused-ring (bicyclic) bond motifs is 2. The van der Waals surface area contributed by atoms with Gasteiger partial charge in [-0.2, -0.15) is 0 Å². The monoisotopic (exact) mass is 292 g/mol. The maximum absolute atomic E-state index is 12.3. The molecule has 0 aliphatic heterocycles. The average molecular weight is 292 g/mol. The second kappa shape index (κ2) is 6.46. The van der Waals surface area contributed by atoms with Crippen LogP contribution in [-0.2, 0) is 19.1 Å². The van der Waals surface area contributed by atoms with E-state index in [1.54, 1.807) is 0 Å². The molecule has 0 aromatic heterocycles. The highest BCUT2D eigenvalue weighted by Crippen LogP contribution is 2.44. The number of carbonyl (C=O) groups excluding carboxylic acids is 2. The molecule has 0 fully saturated rings. The topological polar surface area (TPSA) is 52.6 Å². The zero-order valence-corrected chi connectivity index (χ0v) is 13.2. The first kappa shape index (κ1) is 15.8. The van der Waals surface area contributed by atoms with E-state index in [0.29, 0.717) is 24.4 Å². The van der Waals surface area contributed by atoms with E-state index in [-0.39, 0.29) is 35.6 Å². The molecule has 0 spiro atoms. The van der Waals surface area contributed by atoms with E-state index in [1.165, 1.54) is 0 Å². The van der Waals surface area contributed by atoms with Crippen molar-refractivity contribution in [1.29, 1.82) is 0 Å². The van der Waals surface area contributed by atoms with Gasteiger partial charge in [0.25, 0.3) is 0 Å². The zero-order valence-electron chi connectivity index (χ0n) is 13.2. The predicted octanol–water partition coefficient (Wildman–Crippen LogP) is 2.89. The lowest BCUT2D eigenvalue weighted by Gasteiger charge is -2.16. The third kappa shape index (κ3) is 3.55. The molecule has 0 aromatic rings. The Morgan fingerprint density at radius 1 is 0.952 bits per heavy atom. The number of rotatable bonds is 6. The summed E-state index contributed by atoms with van der Waals surface area (Å²) in [6.07, 6.45) is 4.78. The number of ether oxygens (including phenoxy) is 2. The van der Waals surface area contributed by atoms with Crippen molar-refractivity contribution in [2.45, 2.75) is 34.1 Å². The minimum absolute atomic E-state index is 0.0104. The van der Waals surface area contributed by atoms with E-state index in [4.69, 9.17) is 9.47 Å². The summed E-state index contributed by atoms with van der Waals surface area (Å²) in [4.78, 5) is 24.5. The Morgan fingerprint density at radius 3 is 1.67 bits per heavy atom. The summed E-state index contributed by atoms with van der Waals surface area (Å²) in [6, 6.07) is 0. The van der Waals surface area contributed by atoms with E-state index in [2.05, 4.69) is 0 Å². The van der Waals surface area contributed by atoms with Crippen molar-refractivity contribution in [1.82, 2.24) is 0 Å². The maximum Gasteiger partial charge on any atom is 0.335 e. The van der Waals surface area contributed by atoms with Gasteiger partial charge in [-0.1, -0.05) is 39.8 Å². The molecule has 4 nitrogen and oxygen atoms in total. The fourth-order valence-corrected chi connectivity index (χ4v) is 2.69. The van der Waals surface area contributed by atoms with Gasteiger partial charge in [0.1, 0.15) is 0 Å². The summed E-state index contributed by atoms with van der Waals surface area (Å²) in [7, 11) is 0. The lowest BCUT2D eigenvalue weighted by atomic mass is 9.97. The number of esters is 2. The van der Waals surface area contributed by atoms with Crippen molar-refractivity contribution in [2.24, 2.45) is 23.7 Å². The number of hydrogen-bond acceptors (Lipinski definition) is 4. The number of carbonyl (C=O) groups is 2. The Balaban J connectivity index is 2.13. The van der Waals surface area contributed by atoms with Crippen LogP contribution in [0.15, 0.2) is 23.3 Å². The van der Waals surface area contributed by atoms with Crippen LogP contribution in [0.3, 0.4) is 0 Å². The summed E-state index contributed by atoms with van der Waals surface area (Å²) in [5.41, 5.74) is 1.02. The first-order chi connectivity index (χ1) is 9.90. The van der Waals surface area contributed by atoms with Crippen LogP contribution < -0.4 is 0 Å². The van der Waals surface area contributed by atoms with Gasteiger partial charge < -0.3 is 9.47 Å². The molecule has 0 amide bonds. The molecule has 4 heteroatoms. The minimum atomic E-state index is -0.364. The molecular formula is C17H24O4. The SMILES string of the molecule is CC(C)COC(=O)C1=C(C(=O)OCC(C)C)C2C=CC1C2. The van der Waals surface area contributed by atoms with Gasteiger partial charge in [0.15, 0.2) is 0 Å². The third-order valence-corrected chi connectivity index (χ3v) is 3.65. The van der Waals surface area contributed by atoms with E-state index in [9.17, 15) is 9.59 Å². The molecule has 116 valence electrons. The van der Waals surface area contributed by atoms with Crippen molar-refractivity contribution in [2.75, 3.05) is 13.2 Å². The lowest BCUT2D eigenvalue weighted by molar-refractivity contribution is -0.143. The summed E-state index contributed by atoms with van der Waals surface area (Å²) < 4.78 is 10.6. The van der Waals surface area contributed by atoms with Crippen molar-refractivity contribution in [3.63, 3.8) is 0 Å². The number of hydrogen-bond donors (Lipinski definition) is 0. The molecule has 0 saturated heterocycles. The van der Waals surface area contributed by atoms with Crippen LogP contribution in [0.25, 0.3) is 0 Å². The minimum Gasteiger partial charge on any atom is -0.462 e. The normalized spacial score (nSPS) is 23.3. The number of allylic oxidation sites excluding steroid dienone is 2. The second-order valence-electron chi connectivity index (χ2n) is 6.65. The van der Waals surface area contributed by atoms with Crippen molar-refractivity contribution in [3.05, 3.63) is 23.3 Å². The fourth-order valence-electron chi connectivity index (χ4n) is 2.69. The highest BCUT2D eigenvalue weighted by atomic mass is 16.5. The largest absolute Gasteiger partial charge is 0.462 e. The summed E-state index contributed by atoms with van der Waals surface area (Å²) in [6.45, 7) is 8.69.